The molecule has 3 N–H and O–H groups in total. The number of nitrogens with zero attached hydrogens (tertiary/aromatic N) is 2. The minimum absolute atomic E-state index is 0.0381. The van der Waals surface area contributed by atoms with Gasteiger partial charge in [0.05, 0.1) is 17.1 Å². The highest BCUT2D eigenvalue weighted by Gasteiger charge is 2.33. The maximum Gasteiger partial charge on any atom is 0.256 e. The summed E-state index contributed by atoms with van der Waals surface area (Å²) in [6.45, 7) is 0.635. The average Bonchev–Trinajstić information content (AvgIpc) is 3.20. The van der Waals surface area contributed by atoms with Gasteiger partial charge in [0.1, 0.15) is 0 Å². The van der Waals surface area contributed by atoms with E-state index in [2.05, 4.69) is 10.4 Å². The number of hydrogen-bond acceptors (Lipinski definition) is 5. The van der Waals surface area contributed by atoms with Gasteiger partial charge in [0.25, 0.3) is 5.91 Å². The number of pyridine rings is 1. The number of carbonyl (C=O) groups excluding carboxylic acids is 1. The van der Waals surface area contributed by atoms with E-state index in [1.165, 1.54) is 11.1 Å². The molecule has 0 spiro atoms. The first-order valence-corrected chi connectivity index (χ1v) is 7.90. The number of rotatable bonds is 5. The Bertz CT molecular complexity index is 642. The molecule has 2 aromatic heterocycles. The Hall–Kier alpha value is -1.63. The smallest absolute Gasteiger partial charge is 0.256 e. The Morgan fingerprint density at radius 1 is 1.57 bits per heavy atom. The van der Waals surface area contributed by atoms with Crippen LogP contribution in [0, 0.1) is 0 Å². The van der Waals surface area contributed by atoms with Gasteiger partial charge in [-0.2, -0.15) is 0 Å². The van der Waals surface area contributed by atoms with Crippen LogP contribution in [0.15, 0.2) is 29.8 Å². The van der Waals surface area contributed by atoms with Crippen LogP contribution < -0.4 is 11.3 Å². The number of aromatic nitrogens is 1. The maximum atomic E-state index is 12.7. The van der Waals surface area contributed by atoms with E-state index in [1.54, 1.807) is 17.4 Å². The molecular formula is C14H15ClN4OS. The fourth-order valence-electron chi connectivity index (χ4n) is 2.15. The van der Waals surface area contributed by atoms with Crippen LogP contribution in [-0.2, 0) is 6.54 Å². The zero-order valence-electron chi connectivity index (χ0n) is 11.3. The molecule has 0 aromatic carbocycles. The Morgan fingerprint density at radius 3 is 2.95 bits per heavy atom. The minimum Gasteiger partial charge on any atom is -0.330 e. The summed E-state index contributed by atoms with van der Waals surface area (Å²) >= 11 is 7.70. The molecule has 1 amide bonds. The quantitative estimate of drug-likeness (QED) is 0.656. The van der Waals surface area contributed by atoms with Gasteiger partial charge in [-0.05, 0) is 30.4 Å². The van der Waals surface area contributed by atoms with Crippen molar-refractivity contribution in [2.45, 2.75) is 25.4 Å². The first kappa shape index (κ1) is 14.3. The minimum atomic E-state index is -0.0381. The van der Waals surface area contributed by atoms with E-state index < -0.39 is 0 Å². The maximum absolute atomic E-state index is 12.7. The third kappa shape index (κ3) is 3.18. The van der Waals surface area contributed by atoms with E-state index in [0.717, 1.165) is 12.8 Å². The van der Waals surface area contributed by atoms with E-state index in [1.807, 2.05) is 22.4 Å². The van der Waals surface area contributed by atoms with E-state index in [0.29, 0.717) is 29.0 Å². The Morgan fingerprint density at radius 2 is 2.38 bits per heavy atom. The van der Waals surface area contributed by atoms with Gasteiger partial charge in [0.15, 0.2) is 5.82 Å². The topological polar surface area (TPSA) is 71.2 Å². The van der Waals surface area contributed by atoms with E-state index >= 15 is 0 Å². The molecular weight excluding hydrogens is 308 g/mol. The molecule has 3 rings (SSSR count). The molecule has 21 heavy (non-hydrogen) atoms. The van der Waals surface area contributed by atoms with Crippen LogP contribution in [0.4, 0.5) is 5.82 Å². The molecule has 1 aliphatic carbocycles. The molecule has 0 saturated heterocycles. The molecule has 7 heteroatoms. The van der Waals surface area contributed by atoms with Crippen molar-refractivity contribution >= 4 is 34.7 Å². The summed E-state index contributed by atoms with van der Waals surface area (Å²) in [4.78, 5) is 19.8. The first-order chi connectivity index (χ1) is 10.2. The third-order valence-corrected chi connectivity index (χ3v) is 4.53. The zero-order chi connectivity index (χ0) is 14.8. The number of anilines is 1. The summed E-state index contributed by atoms with van der Waals surface area (Å²) in [5.74, 6) is 5.62. The first-order valence-electron chi connectivity index (χ1n) is 6.64. The molecule has 0 bridgehead atoms. The number of nitrogens with two attached hydrogens (primary N) is 1. The largest absolute Gasteiger partial charge is 0.330 e. The van der Waals surface area contributed by atoms with Gasteiger partial charge in [0, 0.05) is 17.1 Å². The van der Waals surface area contributed by atoms with Crippen LogP contribution in [0.1, 0.15) is 28.1 Å². The highest BCUT2D eigenvalue weighted by molar-refractivity contribution is 7.09. The molecule has 1 fully saturated rings. The van der Waals surface area contributed by atoms with Crippen molar-refractivity contribution < 1.29 is 4.79 Å². The zero-order valence-corrected chi connectivity index (χ0v) is 12.8. The van der Waals surface area contributed by atoms with Gasteiger partial charge < -0.3 is 10.3 Å². The van der Waals surface area contributed by atoms with Crippen LogP contribution in [0.2, 0.25) is 5.02 Å². The summed E-state index contributed by atoms with van der Waals surface area (Å²) in [7, 11) is 0. The Labute approximate surface area is 131 Å². The van der Waals surface area contributed by atoms with Crippen molar-refractivity contribution in [3.8, 4) is 0 Å². The van der Waals surface area contributed by atoms with Crippen molar-refractivity contribution in [2.75, 3.05) is 5.43 Å². The molecule has 2 aromatic rings. The van der Waals surface area contributed by atoms with Crippen molar-refractivity contribution in [1.29, 1.82) is 0 Å². The SMILES string of the molecule is NNc1ncc(C(=O)N(Cc2cccs2)C2CC2)cc1Cl. The number of amides is 1. The lowest BCUT2D eigenvalue weighted by molar-refractivity contribution is 0.0731. The van der Waals surface area contributed by atoms with E-state index in [9.17, 15) is 4.79 Å². The van der Waals surface area contributed by atoms with Gasteiger partial charge in [-0.1, -0.05) is 17.7 Å². The Kier molecular flexibility index (Phi) is 4.10. The Balaban J connectivity index is 1.82. The second-order valence-electron chi connectivity index (χ2n) is 4.94. The molecule has 0 unspecified atom stereocenters. The number of hydrogen-bond donors (Lipinski definition) is 2. The summed E-state index contributed by atoms with van der Waals surface area (Å²) < 4.78 is 0. The van der Waals surface area contributed by atoms with Crippen LogP contribution in [0.25, 0.3) is 0 Å². The van der Waals surface area contributed by atoms with Crippen LogP contribution in [0.5, 0.6) is 0 Å². The fraction of sp³-hybridized carbons (Fsp3) is 0.286. The molecule has 1 saturated carbocycles. The summed E-state index contributed by atoms with van der Waals surface area (Å²) in [5, 5.41) is 2.36. The predicted octanol–water partition coefficient (Wildman–Crippen LogP) is 2.89. The summed E-state index contributed by atoms with van der Waals surface area (Å²) in [6, 6.07) is 5.97. The lowest BCUT2D eigenvalue weighted by Crippen LogP contribution is -2.32. The number of nitrogen functional groups attached to an aromatic ring is 1. The number of halogens is 1. The standard InChI is InChI=1S/C14H15ClN4OS/c15-12-6-9(7-17-13(12)18-16)14(20)19(10-3-4-10)8-11-2-1-5-21-11/h1-2,5-7,10H,3-4,8,16H2,(H,17,18). The summed E-state index contributed by atoms with van der Waals surface area (Å²) in [5.41, 5.74) is 2.88. The van der Waals surface area contributed by atoms with Crippen LogP contribution >= 0.6 is 22.9 Å². The monoisotopic (exact) mass is 322 g/mol. The molecule has 1 aliphatic rings. The average molecular weight is 323 g/mol. The molecule has 0 radical (unpaired) electrons. The van der Waals surface area contributed by atoms with Crippen molar-refractivity contribution in [3.63, 3.8) is 0 Å². The number of hydrazine groups is 1. The van der Waals surface area contributed by atoms with Crippen LogP contribution in [0.3, 0.4) is 0 Å². The number of nitrogens with one attached hydrogen (secondary N) is 1. The highest BCUT2D eigenvalue weighted by atomic mass is 35.5. The number of thiophene rings is 1. The highest BCUT2D eigenvalue weighted by Crippen LogP contribution is 2.31. The molecule has 0 aliphatic heterocycles. The van der Waals surface area contributed by atoms with Crippen molar-refractivity contribution in [3.05, 3.63) is 45.2 Å². The summed E-state index contributed by atoms with van der Waals surface area (Å²) in [6.07, 6.45) is 3.62. The fourth-order valence-corrected chi connectivity index (χ4v) is 3.07. The lowest BCUT2D eigenvalue weighted by Gasteiger charge is -2.22. The molecule has 110 valence electrons. The van der Waals surface area contributed by atoms with E-state index in [-0.39, 0.29) is 5.91 Å². The lowest BCUT2D eigenvalue weighted by atomic mass is 10.2. The van der Waals surface area contributed by atoms with Crippen LogP contribution in [-0.4, -0.2) is 21.8 Å². The number of carbonyl (C=O) groups is 1. The molecule has 5 nitrogen and oxygen atoms in total. The predicted molar refractivity (Wildman–Crippen MR) is 84.3 cm³/mol. The second-order valence-corrected chi connectivity index (χ2v) is 6.38. The van der Waals surface area contributed by atoms with Crippen molar-refractivity contribution in [1.82, 2.24) is 9.88 Å². The third-order valence-electron chi connectivity index (χ3n) is 3.38. The van der Waals surface area contributed by atoms with E-state index in [4.69, 9.17) is 17.4 Å². The second kappa shape index (κ2) is 6.01. The molecule has 2 heterocycles. The molecule has 0 atom stereocenters. The van der Waals surface area contributed by atoms with Gasteiger partial charge in [-0.25, -0.2) is 10.8 Å². The van der Waals surface area contributed by atoms with Gasteiger partial charge >= 0.3 is 0 Å². The van der Waals surface area contributed by atoms with Gasteiger partial charge in [-0.15, -0.1) is 11.3 Å². The van der Waals surface area contributed by atoms with Crippen molar-refractivity contribution in [2.24, 2.45) is 5.84 Å². The normalized spacial score (nSPS) is 14.0. The van der Waals surface area contributed by atoms with Gasteiger partial charge in [-0.3, -0.25) is 4.79 Å². The van der Waals surface area contributed by atoms with Gasteiger partial charge in [0.2, 0.25) is 0 Å².